The molecule has 1 aromatic carbocycles. The van der Waals surface area contributed by atoms with Gasteiger partial charge in [-0.2, -0.15) is 4.31 Å². The van der Waals surface area contributed by atoms with Crippen molar-refractivity contribution in [3.8, 4) is 0 Å². The molecule has 0 amide bonds. The lowest BCUT2D eigenvalue weighted by Crippen LogP contribution is -2.42. The Balaban J connectivity index is 2.35. The highest BCUT2D eigenvalue weighted by Crippen LogP contribution is 2.23. The number of sulfonamides is 1. The molecule has 0 saturated carbocycles. The van der Waals surface area contributed by atoms with Crippen molar-refractivity contribution in [2.75, 3.05) is 18.8 Å². The maximum atomic E-state index is 13.2. The van der Waals surface area contributed by atoms with Crippen LogP contribution in [-0.4, -0.2) is 37.0 Å². The third-order valence-electron chi connectivity index (χ3n) is 2.89. The van der Waals surface area contributed by atoms with Crippen molar-refractivity contribution in [1.82, 2.24) is 4.31 Å². The molecule has 0 aliphatic carbocycles. The van der Waals surface area contributed by atoms with E-state index in [0.717, 1.165) is 16.4 Å². The van der Waals surface area contributed by atoms with Crippen LogP contribution in [0.25, 0.3) is 0 Å². The van der Waals surface area contributed by atoms with Gasteiger partial charge in [0.25, 0.3) is 0 Å². The van der Waals surface area contributed by atoms with Crippen molar-refractivity contribution in [3.05, 3.63) is 24.0 Å². The first-order valence-electron chi connectivity index (χ1n) is 5.64. The number of β-amino-alcohol motifs (C(OH)–C–C–N with tert-alkyl or cyclic N) is 1. The van der Waals surface area contributed by atoms with E-state index in [4.69, 9.17) is 5.73 Å². The number of hydrogen-bond acceptors (Lipinski definition) is 4. The summed E-state index contributed by atoms with van der Waals surface area (Å²) in [5, 5.41) is 9.49. The number of aliphatic hydroxyl groups excluding tert-OH is 1. The summed E-state index contributed by atoms with van der Waals surface area (Å²) in [4.78, 5) is -0.172. The molecule has 1 atom stereocenters. The zero-order valence-corrected chi connectivity index (χ0v) is 10.5. The quantitative estimate of drug-likeness (QED) is 0.772. The van der Waals surface area contributed by atoms with Gasteiger partial charge in [0.2, 0.25) is 10.0 Å². The Hall–Kier alpha value is -1.18. The summed E-state index contributed by atoms with van der Waals surface area (Å²) in [5.41, 5.74) is 5.50. The first kappa shape index (κ1) is 13.3. The molecule has 1 aliphatic heterocycles. The summed E-state index contributed by atoms with van der Waals surface area (Å²) in [6.45, 7) is 0.370. The second-order valence-electron chi connectivity index (χ2n) is 4.38. The van der Waals surface area contributed by atoms with Gasteiger partial charge in [0, 0.05) is 18.8 Å². The first-order valence-corrected chi connectivity index (χ1v) is 7.08. The zero-order chi connectivity index (χ0) is 13.3. The molecule has 0 radical (unpaired) electrons. The molecule has 1 aromatic rings. The molecule has 0 spiro atoms. The number of nitrogen functional groups attached to an aromatic ring is 1. The van der Waals surface area contributed by atoms with Gasteiger partial charge in [-0.1, -0.05) is 0 Å². The van der Waals surface area contributed by atoms with Gasteiger partial charge in [-0.15, -0.1) is 0 Å². The fraction of sp³-hybridized carbons (Fsp3) is 0.455. The van der Waals surface area contributed by atoms with Crippen molar-refractivity contribution < 1.29 is 17.9 Å². The molecule has 1 saturated heterocycles. The Kier molecular flexibility index (Phi) is 3.56. The number of nitrogens with zero attached hydrogens (tertiary/aromatic N) is 1. The molecule has 100 valence electrons. The molecule has 5 nitrogen and oxygen atoms in total. The van der Waals surface area contributed by atoms with Gasteiger partial charge in [-0.05, 0) is 31.0 Å². The smallest absolute Gasteiger partial charge is 0.243 e. The largest absolute Gasteiger partial charge is 0.399 e. The van der Waals surface area contributed by atoms with Gasteiger partial charge in [0.15, 0.2) is 0 Å². The highest BCUT2D eigenvalue weighted by Gasteiger charge is 2.29. The van der Waals surface area contributed by atoms with Gasteiger partial charge < -0.3 is 10.8 Å². The summed E-state index contributed by atoms with van der Waals surface area (Å²) < 4.78 is 38.8. The van der Waals surface area contributed by atoms with E-state index in [-0.39, 0.29) is 17.1 Å². The van der Waals surface area contributed by atoms with Crippen molar-refractivity contribution in [2.24, 2.45) is 0 Å². The SMILES string of the molecule is Nc1cc(F)cc(S(=O)(=O)N2CCC[C@H](O)C2)c1. The van der Waals surface area contributed by atoms with Crippen LogP contribution in [0, 0.1) is 5.82 Å². The third-order valence-corrected chi connectivity index (χ3v) is 4.73. The van der Waals surface area contributed by atoms with Crippen molar-refractivity contribution in [1.29, 1.82) is 0 Å². The Morgan fingerprint density at radius 3 is 2.72 bits per heavy atom. The average Bonchev–Trinajstić information content (AvgIpc) is 2.27. The van der Waals surface area contributed by atoms with Crippen LogP contribution in [0.4, 0.5) is 10.1 Å². The predicted molar refractivity (Wildman–Crippen MR) is 64.8 cm³/mol. The molecule has 18 heavy (non-hydrogen) atoms. The lowest BCUT2D eigenvalue weighted by Gasteiger charge is -2.29. The van der Waals surface area contributed by atoms with Crippen LogP contribution >= 0.6 is 0 Å². The van der Waals surface area contributed by atoms with Crippen LogP contribution in [0.1, 0.15) is 12.8 Å². The lowest BCUT2D eigenvalue weighted by molar-refractivity contribution is 0.108. The first-order chi connectivity index (χ1) is 8.39. The summed E-state index contributed by atoms with van der Waals surface area (Å²) in [6.07, 6.45) is 0.502. The van der Waals surface area contributed by atoms with E-state index < -0.39 is 21.9 Å². The lowest BCUT2D eigenvalue weighted by atomic mass is 10.1. The van der Waals surface area contributed by atoms with E-state index in [1.807, 2.05) is 0 Å². The third kappa shape index (κ3) is 2.63. The summed E-state index contributed by atoms with van der Waals surface area (Å²) in [5.74, 6) is -0.689. The molecule has 0 bridgehead atoms. The molecule has 7 heteroatoms. The molecular formula is C11H15FN2O3S. The molecule has 0 unspecified atom stereocenters. The van der Waals surface area contributed by atoms with Crippen LogP contribution < -0.4 is 5.73 Å². The van der Waals surface area contributed by atoms with Crippen LogP contribution in [-0.2, 0) is 10.0 Å². The summed E-state index contributed by atoms with van der Waals surface area (Å²) in [7, 11) is -3.79. The predicted octanol–water partition coefficient (Wildman–Crippen LogP) is 0.553. The van der Waals surface area contributed by atoms with E-state index in [2.05, 4.69) is 0 Å². The minimum atomic E-state index is -3.79. The highest BCUT2D eigenvalue weighted by atomic mass is 32.2. The number of rotatable bonds is 2. The molecule has 0 aromatic heterocycles. The molecule has 3 N–H and O–H groups in total. The second kappa shape index (κ2) is 4.83. The molecule has 1 heterocycles. The number of hydrogen-bond donors (Lipinski definition) is 2. The van der Waals surface area contributed by atoms with Crippen LogP contribution in [0.2, 0.25) is 0 Å². The highest BCUT2D eigenvalue weighted by molar-refractivity contribution is 7.89. The van der Waals surface area contributed by atoms with Crippen molar-refractivity contribution >= 4 is 15.7 Å². The summed E-state index contributed by atoms with van der Waals surface area (Å²) in [6, 6.07) is 3.22. The van der Waals surface area contributed by atoms with Gasteiger partial charge in [0.1, 0.15) is 5.82 Å². The number of benzene rings is 1. The Labute approximate surface area is 105 Å². The molecule has 1 fully saturated rings. The van der Waals surface area contributed by atoms with Crippen LogP contribution in [0.3, 0.4) is 0 Å². The van der Waals surface area contributed by atoms with E-state index in [9.17, 15) is 17.9 Å². The topological polar surface area (TPSA) is 83.6 Å². The Morgan fingerprint density at radius 2 is 2.11 bits per heavy atom. The minimum Gasteiger partial charge on any atom is -0.399 e. The fourth-order valence-electron chi connectivity index (χ4n) is 2.02. The Bertz CT molecular complexity index is 527. The standard InChI is InChI=1S/C11H15FN2O3S/c12-8-4-9(13)6-11(5-8)18(16,17)14-3-1-2-10(15)7-14/h4-6,10,15H,1-3,7,13H2/t10-/m0/s1. The number of nitrogens with two attached hydrogens (primary N) is 1. The minimum absolute atomic E-state index is 0.0404. The van der Waals surface area contributed by atoms with E-state index in [1.54, 1.807) is 0 Å². The average molecular weight is 274 g/mol. The number of piperidine rings is 1. The zero-order valence-electron chi connectivity index (χ0n) is 9.71. The molecular weight excluding hydrogens is 259 g/mol. The Morgan fingerprint density at radius 1 is 1.39 bits per heavy atom. The maximum absolute atomic E-state index is 13.2. The number of anilines is 1. The van der Waals surface area contributed by atoms with Crippen LogP contribution in [0.5, 0.6) is 0 Å². The normalized spacial score (nSPS) is 22.0. The van der Waals surface area contributed by atoms with E-state index in [0.29, 0.717) is 19.4 Å². The van der Waals surface area contributed by atoms with E-state index in [1.165, 1.54) is 6.07 Å². The van der Waals surface area contributed by atoms with Gasteiger partial charge in [0.05, 0.1) is 11.0 Å². The number of halogens is 1. The van der Waals surface area contributed by atoms with Gasteiger partial charge in [-0.25, -0.2) is 12.8 Å². The van der Waals surface area contributed by atoms with Crippen LogP contribution in [0.15, 0.2) is 23.1 Å². The number of aliphatic hydroxyl groups is 1. The second-order valence-corrected chi connectivity index (χ2v) is 6.32. The van der Waals surface area contributed by atoms with Crippen molar-refractivity contribution in [3.63, 3.8) is 0 Å². The summed E-state index contributed by atoms with van der Waals surface area (Å²) >= 11 is 0. The molecule has 1 aliphatic rings. The van der Waals surface area contributed by atoms with Crippen molar-refractivity contribution in [2.45, 2.75) is 23.8 Å². The monoisotopic (exact) mass is 274 g/mol. The van der Waals surface area contributed by atoms with E-state index >= 15 is 0 Å². The fourth-order valence-corrected chi connectivity index (χ4v) is 3.60. The maximum Gasteiger partial charge on any atom is 0.243 e. The molecule has 2 rings (SSSR count). The van der Waals surface area contributed by atoms with Gasteiger partial charge >= 0.3 is 0 Å². The van der Waals surface area contributed by atoms with Gasteiger partial charge in [-0.3, -0.25) is 0 Å².